The van der Waals surface area contributed by atoms with Gasteiger partial charge in [-0.1, -0.05) is 30.3 Å². The number of halogens is 1. The fraction of sp³-hybridized carbons (Fsp3) is 0.125. The van der Waals surface area contributed by atoms with Gasteiger partial charge in [0.25, 0.3) is 0 Å². The third-order valence-corrected chi connectivity index (χ3v) is 3.24. The Balaban J connectivity index is 3.15. The molecule has 14 heavy (non-hydrogen) atoms. The molecule has 76 valence electrons. The molecule has 1 aromatic rings. The van der Waals surface area contributed by atoms with Crippen molar-refractivity contribution in [2.24, 2.45) is 0 Å². The van der Waals surface area contributed by atoms with E-state index in [0.717, 1.165) is 0 Å². The van der Waals surface area contributed by atoms with Crippen LogP contribution in [0.3, 0.4) is 0 Å². The number of carbonyl (C=O) groups excluding carboxylic acids is 1. The molecule has 1 atom stereocenters. The molecule has 6 heteroatoms. The summed E-state index contributed by atoms with van der Waals surface area (Å²) in [5, 5.41) is -1.05. The molecular formula is C8H8ClO4P. The molecule has 0 aliphatic carbocycles. The number of hydrogen-bond donors (Lipinski definition) is 2. The molecule has 1 unspecified atom stereocenters. The van der Waals surface area contributed by atoms with Gasteiger partial charge >= 0.3 is 7.60 Å². The molecule has 0 heterocycles. The zero-order chi connectivity index (χ0) is 10.8. The van der Waals surface area contributed by atoms with Crippen molar-refractivity contribution in [2.75, 3.05) is 0 Å². The number of hydrogen-bond acceptors (Lipinski definition) is 2. The SMILES string of the molecule is O=C(Cl)C(c1ccccc1)P(=O)(O)O. The lowest BCUT2D eigenvalue weighted by Crippen LogP contribution is -2.07. The molecule has 0 radical (unpaired) electrons. The summed E-state index contributed by atoms with van der Waals surface area (Å²) >= 11 is 5.13. The lowest BCUT2D eigenvalue weighted by molar-refractivity contribution is -0.111. The quantitative estimate of drug-likeness (QED) is 0.616. The second-order valence-corrected chi connectivity index (χ2v) is 4.77. The van der Waals surface area contributed by atoms with E-state index in [1.165, 1.54) is 12.1 Å². The van der Waals surface area contributed by atoms with Crippen LogP contribution in [-0.2, 0) is 9.36 Å². The smallest absolute Gasteiger partial charge is 0.324 e. The molecule has 4 nitrogen and oxygen atoms in total. The van der Waals surface area contributed by atoms with E-state index in [4.69, 9.17) is 21.4 Å². The van der Waals surface area contributed by atoms with Crippen LogP contribution in [0.25, 0.3) is 0 Å². The Kier molecular flexibility index (Phi) is 3.45. The summed E-state index contributed by atoms with van der Waals surface area (Å²) in [6, 6.07) is 7.74. The second kappa shape index (κ2) is 4.24. The second-order valence-electron chi connectivity index (χ2n) is 2.71. The first kappa shape index (κ1) is 11.4. The van der Waals surface area contributed by atoms with Crippen LogP contribution in [0, 0.1) is 0 Å². The van der Waals surface area contributed by atoms with E-state index >= 15 is 0 Å². The van der Waals surface area contributed by atoms with Crippen molar-refractivity contribution in [3.63, 3.8) is 0 Å². The highest BCUT2D eigenvalue weighted by Crippen LogP contribution is 2.52. The first-order valence-corrected chi connectivity index (χ1v) is 5.78. The van der Waals surface area contributed by atoms with Crippen molar-refractivity contribution in [1.29, 1.82) is 0 Å². The van der Waals surface area contributed by atoms with Crippen LogP contribution in [0.15, 0.2) is 30.3 Å². The Morgan fingerprint density at radius 1 is 1.29 bits per heavy atom. The average Bonchev–Trinajstić information content (AvgIpc) is 2.02. The topological polar surface area (TPSA) is 74.6 Å². The van der Waals surface area contributed by atoms with Gasteiger partial charge in [0.05, 0.1) is 0 Å². The van der Waals surface area contributed by atoms with E-state index in [1.54, 1.807) is 18.2 Å². The molecule has 0 fully saturated rings. The Morgan fingerprint density at radius 2 is 1.79 bits per heavy atom. The molecule has 0 aliphatic heterocycles. The van der Waals surface area contributed by atoms with Crippen molar-refractivity contribution in [2.45, 2.75) is 5.66 Å². The van der Waals surface area contributed by atoms with Gasteiger partial charge < -0.3 is 9.79 Å². The van der Waals surface area contributed by atoms with Crippen molar-refractivity contribution < 1.29 is 19.1 Å². The zero-order valence-corrected chi connectivity index (χ0v) is 8.65. The Morgan fingerprint density at radius 3 is 2.14 bits per heavy atom. The summed E-state index contributed by atoms with van der Waals surface area (Å²) in [5.41, 5.74) is -1.34. The molecule has 0 amide bonds. The van der Waals surface area contributed by atoms with Crippen LogP contribution < -0.4 is 0 Å². The van der Waals surface area contributed by atoms with Gasteiger partial charge in [0, 0.05) is 0 Å². The predicted molar refractivity (Wildman–Crippen MR) is 52.1 cm³/mol. The van der Waals surface area contributed by atoms with E-state index in [9.17, 15) is 9.36 Å². The summed E-state index contributed by atoms with van der Waals surface area (Å²) in [6.07, 6.45) is 0. The molecule has 0 spiro atoms. The third kappa shape index (κ3) is 2.66. The molecule has 2 N–H and O–H groups in total. The first-order valence-electron chi connectivity index (χ1n) is 3.72. The number of rotatable bonds is 3. The maximum Gasteiger partial charge on any atom is 0.341 e. The summed E-state index contributed by atoms with van der Waals surface area (Å²) in [4.78, 5) is 28.7. The monoisotopic (exact) mass is 234 g/mol. The van der Waals surface area contributed by atoms with Crippen molar-refractivity contribution >= 4 is 24.4 Å². The molecule has 1 rings (SSSR count). The standard InChI is InChI=1S/C8H8ClO4P/c9-8(10)7(14(11,12)13)6-4-2-1-3-5-6/h1-5,7H,(H2,11,12,13). The van der Waals surface area contributed by atoms with Gasteiger partial charge in [-0.15, -0.1) is 0 Å². The highest BCUT2D eigenvalue weighted by Gasteiger charge is 2.35. The highest BCUT2D eigenvalue weighted by atomic mass is 35.5. The van der Waals surface area contributed by atoms with E-state index in [-0.39, 0.29) is 5.56 Å². The summed E-state index contributed by atoms with van der Waals surface area (Å²) in [5.74, 6) is 0. The number of benzene rings is 1. The van der Waals surface area contributed by atoms with E-state index in [0.29, 0.717) is 0 Å². The lowest BCUT2D eigenvalue weighted by atomic mass is 10.2. The summed E-state index contributed by atoms with van der Waals surface area (Å²) in [6.45, 7) is 0. The van der Waals surface area contributed by atoms with E-state index in [2.05, 4.69) is 0 Å². The zero-order valence-electron chi connectivity index (χ0n) is 7.00. The van der Waals surface area contributed by atoms with Crippen molar-refractivity contribution in [3.8, 4) is 0 Å². The van der Waals surface area contributed by atoms with Crippen molar-refractivity contribution in [3.05, 3.63) is 35.9 Å². The van der Waals surface area contributed by atoms with E-state index < -0.39 is 18.5 Å². The maximum atomic E-state index is 11.0. The minimum Gasteiger partial charge on any atom is -0.324 e. The Labute approximate surface area is 85.7 Å². The predicted octanol–water partition coefficient (Wildman–Crippen LogP) is 1.67. The molecule has 0 bridgehead atoms. The van der Waals surface area contributed by atoms with Gasteiger partial charge in [0.1, 0.15) is 0 Å². The van der Waals surface area contributed by atoms with Crippen LogP contribution >= 0.6 is 19.2 Å². The fourth-order valence-electron chi connectivity index (χ4n) is 1.09. The van der Waals surface area contributed by atoms with Gasteiger partial charge in [-0.3, -0.25) is 9.36 Å². The summed E-state index contributed by atoms with van der Waals surface area (Å²) < 4.78 is 11.0. The highest BCUT2D eigenvalue weighted by molar-refractivity contribution is 7.53. The van der Waals surface area contributed by atoms with Gasteiger partial charge in [-0.05, 0) is 17.2 Å². The summed E-state index contributed by atoms with van der Waals surface area (Å²) in [7, 11) is -4.54. The minimum atomic E-state index is -4.54. The van der Waals surface area contributed by atoms with Gasteiger partial charge in [0.2, 0.25) is 5.24 Å². The average molecular weight is 235 g/mol. The molecule has 1 aromatic carbocycles. The maximum absolute atomic E-state index is 11.0. The van der Waals surface area contributed by atoms with Gasteiger partial charge in [0.15, 0.2) is 5.66 Å². The van der Waals surface area contributed by atoms with Crippen LogP contribution in [-0.4, -0.2) is 15.0 Å². The molecular weight excluding hydrogens is 227 g/mol. The molecule has 0 saturated heterocycles. The Hall–Kier alpha value is -0.670. The van der Waals surface area contributed by atoms with Gasteiger partial charge in [-0.25, -0.2) is 0 Å². The van der Waals surface area contributed by atoms with Crippen LogP contribution in [0.5, 0.6) is 0 Å². The Bertz CT molecular complexity index is 372. The lowest BCUT2D eigenvalue weighted by Gasteiger charge is -2.13. The molecule has 0 aliphatic rings. The fourth-order valence-corrected chi connectivity index (χ4v) is 2.43. The largest absolute Gasteiger partial charge is 0.341 e. The van der Waals surface area contributed by atoms with Crippen LogP contribution in [0.4, 0.5) is 0 Å². The van der Waals surface area contributed by atoms with Crippen molar-refractivity contribution in [1.82, 2.24) is 0 Å². The van der Waals surface area contributed by atoms with E-state index in [1.807, 2.05) is 0 Å². The number of carbonyl (C=O) groups is 1. The van der Waals surface area contributed by atoms with Crippen LogP contribution in [0.1, 0.15) is 11.2 Å². The minimum absolute atomic E-state index is 0.223. The van der Waals surface area contributed by atoms with Gasteiger partial charge in [-0.2, -0.15) is 0 Å². The molecule has 0 aromatic heterocycles. The first-order chi connectivity index (χ1) is 6.43. The van der Waals surface area contributed by atoms with Crippen LogP contribution in [0.2, 0.25) is 0 Å². The normalized spacial score (nSPS) is 13.6. The molecule has 0 saturated carbocycles. The third-order valence-electron chi connectivity index (χ3n) is 1.67.